The van der Waals surface area contributed by atoms with Crippen LogP contribution < -0.4 is 15.5 Å². The minimum atomic E-state index is -4.38. The molecule has 7 nitrogen and oxygen atoms in total. The summed E-state index contributed by atoms with van der Waals surface area (Å²) in [6.45, 7) is 2.57. The number of rotatable bonds is 7. The largest absolute Gasteiger partial charge is 0.416 e. The van der Waals surface area contributed by atoms with Gasteiger partial charge in [-0.1, -0.05) is 11.6 Å². The van der Waals surface area contributed by atoms with E-state index in [0.717, 1.165) is 29.9 Å². The van der Waals surface area contributed by atoms with Crippen LogP contribution in [0.15, 0.2) is 42.6 Å². The molecule has 0 atom stereocenters. The summed E-state index contributed by atoms with van der Waals surface area (Å²) < 4.78 is 38.8. The highest BCUT2D eigenvalue weighted by Gasteiger charge is 2.30. The number of halogens is 4. The summed E-state index contributed by atoms with van der Waals surface area (Å²) in [6, 6.07) is 8.49. The van der Waals surface area contributed by atoms with Crippen molar-refractivity contribution in [3.63, 3.8) is 0 Å². The maximum atomic E-state index is 12.9. The molecule has 0 amide bonds. The molecule has 0 spiro atoms. The minimum Gasteiger partial charge on any atom is -0.353 e. The van der Waals surface area contributed by atoms with Gasteiger partial charge >= 0.3 is 6.18 Å². The van der Waals surface area contributed by atoms with Crippen molar-refractivity contribution in [2.45, 2.75) is 19.1 Å². The maximum Gasteiger partial charge on any atom is 0.416 e. The van der Waals surface area contributed by atoms with Gasteiger partial charge in [-0.25, -0.2) is 9.97 Å². The topological polar surface area (TPSA) is 69.2 Å². The maximum absolute atomic E-state index is 12.9. The van der Waals surface area contributed by atoms with Crippen molar-refractivity contribution in [2.24, 2.45) is 0 Å². The van der Waals surface area contributed by atoms with Gasteiger partial charge in [0.1, 0.15) is 11.6 Å². The van der Waals surface area contributed by atoms with Gasteiger partial charge in [0.25, 0.3) is 0 Å². The number of likely N-dealkylation sites (N-methyl/N-ethyl adjacent to an activating group) is 1. The lowest BCUT2D eigenvalue weighted by atomic mass is 10.0. The van der Waals surface area contributed by atoms with Gasteiger partial charge in [0.05, 0.1) is 22.8 Å². The van der Waals surface area contributed by atoms with Crippen molar-refractivity contribution in [2.75, 3.05) is 49.3 Å². The van der Waals surface area contributed by atoms with Crippen molar-refractivity contribution in [1.29, 1.82) is 0 Å². The number of alkyl halides is 3. The lowest BCUT2D eigenvalue weighted by Gasteiger charge is -2.31. The fourth-order valence-corrected chi connectivity index (χ4v) is 3.92. The molecule has 0 bridgehead atoms. The van der Waals surface area contributed by atoms with Gasteiger partial charge in [-0.2, -0.15) is 18.2 Å². The third-order valence-electron chi connectivity index (χ3n) is 5.42. The number of fused-ring (bicyclic) bond motifs is 1. The van der Waals surface area contributed by atoms with Gasteiger partial charge in [-0.15, -0.1) is 0 Å². The van der Waals surface area contributed by atoms with Crippen LogP contribution in [0.1, 0.15) is 16.8 Å². The number of hydrogen-bond acceptors (Lipinski definition) is 7. The van der Waals surface area contributed by atoms with E-state index in [1.807, 2.05) is 19.0 Å². The average molecular weight is 492 g/mol. The van der Waals surface area contributed by atoms with Gasteiger partial charge in [0.15, 0.2) is 0 Å². The Hall–Kier alpha value is -3.11. The quantitative estimate of drug-likeness (QED) is 0.491. The highest BCUT2D eigenvalue weighted by atomic mass is 35.5. The zero-order valence-electron chi connectivity index (χ0n) is 18.8. The molecule has 180 valence electrons. The SMILES string of the molecule is CN(C)CCNc1nc2c(c(Nc3ccc(C(F)(F)F)cc3)n1)CCN(c1ncccc1Cl)C2. The van der Waals surface area contributed by atoms with Crippen LogP contribution in [-0.2, 0) is 19.1 Å². The van der Waals surface area contributed by atoms with Crippen LogP contribution in [0, 0.1) is 0 Å². The number of anilines is 4. The second-order valence-electron chi connectivity index (χ2n) is 8.23. The Kier molecular flexibility index (Phi) is 7.08. The summed E-state index contributed by atoms with van der Waals surface area (Å²) in [5, 5.41) is 6.98. The molecule has 0 radical (unpaired) electrons. The van der Waals surface area contributed by atoms with Crippen molar-refractivity contribution >= 4 is 34.9 Å². The molecule has 0 saturated carbocycles. The van der Waals surface area contributed by atoms with Gasteiger partial charge in [0, 0.05) is 37.1 Å². The number of nitrogens with zero attached hydrogens (tertiary/aromatic N) is 5. The molecule has 0 unspecified atom stereocenters. The molecule has 2 aromatic heterocycles. The van der Waals surface area contributed by atoms with E-state index >= 15 is 0 Å². The fraction of sp³-hybridized carbons (Fsp3) is 0.348. The Labute approximate surface area is 201 Å². The predicted octanol–water partition coefficient (Wildman–Crippen LogP) is 4.82. The Morgan fingerprint density at radius 3 is 2.56 bits per heavy atom. The monoisotopic (exact) mass is 491 g/mol. The number of benzene rings is 1. The number of nitrogens with one attached hydrogen (secondary N) is 2. The van der Waals surface area contributed by atoms with E-state index in [2.05, 4.69) is 25.5 Å². The standard InChI is InChI=1S/C23H25ClF3N7/c1-33(2)13-11-29-22-31-19-14-34(21-18(24)4-3-10-28-21)12-9-17(19)20(32-22)30-16-7-5-15(6-8-16)23(25,26)27/h3-8,10H,9,11-14H2,1-2H3,(H2,29,30,31,32). The van der Waals surface area contributed by atoms with Crippen molar-refractivity contribution < 1.29 is 13.2 Å². The predicted molar refractivity (Wildman–Crippen MR) is 128 cm³/mol. The first-order chi connectivity index (χ1) is 16.2. The zero-order chi connectivity index (χ0) is 24.3. The van der Waals surface area contributed by atoms with E-state index in [-0.39, 0.29) is 0 Å². The summed E-state index contributed by atoms with van der Waals surface area (Å²) in [5.74, 6) is 1.71. The summed E-state index contributed by atoms with van der Waals surface area (Å²) in [7, 11) is 3.95. The van der Waals surface area contributed by atoms with E-state index < -0.39 is 11.7 Å². The van der Waals surface area contributed by atoms with Gasteiger partial charge in [0.2, 0.25) is 5.95 Å². The lowest BCUT2D eigenvalue weighted by molar-refractivity contribution is -0.137. The normalized spacial score (nSPS) is 13.7. The Morgan fingerprint density at radius 1 is 1.12 bits per heavy atom. The molecule has 1 aromatic carbocycles. The number of aromatic nitrogens is 3. The average Bonchev–Trinajstić information content (AvgIpc) is 2.78. The third kappa shape index (κ3) is 5.68. The van der Waals surface area contributed by atoms with Crippen LogP contribution in [0.2, 0.25) is 5.02 Å². The van der Waals surface area contributed by atoms with E-state index in [4.69, 9.17) is 16.6 Å². The number of pyridine rings is 1. The molecule has 2 N–H and O–H groups in total. The molecule has 1 aliphatic rings. The molecular weight excluding hydrogens is 467 g/mol. The molecule has 0 aliphatic carbocycles. The van der Waals surface area contributed by atoms with E-state index in [1.54, 1.807) is 18.3 Å². The molecule has 4 rings (SSSR count). The first-order valence-electron chi connectivity index (χ1n) is 10.8. The van der Waals surface area contributed by atoms with Crippen LogP contribution in [0.25, 0.3) is 0 Å². The van der Waals surface area contributed by atoms with Crippen molar-refractivity contribution in [3.8, 4) is 0 Å². The van der Waals surface area contributed by atoms with Gasteiger partial charge < -0.3 is 20.4 Å². The minimum absolute atomic E-state index is 0.448. The van der Waals surface area contributed by atoms with Crippen LogP contribution in [0.4, 0.5) is 36.4 Å². The van der Waals surface area contributed by atoms with E-state index in [1.165, 1.54) is 12.1 Å². The molecular formula is C23H25ClF3N7. The van der Waals surface area contributed by atoms with Gasteiger partial charge in [-0.3, -0.25) is 0 Å². The summed E-state index contributed by atoms with van der Waals surface area (Å²) in [4.78, 5) is 17.9. The second kappa shape index (κ2) is 10.0. The Balaban J connectivity index is 1.63. The summed E-state index contributed by atoms with van der Waals surface area (Å²) in [6.07, 6.45) is -2.06. The van der Waals surface area contributed by atoms with Crippen LogP contribution in [-0.4, -0.2) is 53.6 Å². The number of hydrogen-bond donors (Lipinski definition) is 2. The molecule has 0 saturated heterocycles. The molecule has 0 fully saturated rings. The van der Waals surface area contributed by atoms with E-state index in [0.29, 0.717) is 54.3 Å². The van der Waals surface area contributed by atoms with Crippen LogP contribution >= 0.6 is 11.6 Å². The first-order valence-corrected chi connectivity index (χ1v) is 11.2. The van der Waals surface area contributed by atoms with Crippen molar-refractivity contribution in [1.82, 2.24) is 19.9 Å². The van der Waals surface area contributed by atoms with Crippen LogP contribution in [0.3, 0.4) is 0 Å². The lowest BCUT2D eigenvalue weighted by Crippen LogP contribution is -2.33. The van der Waals surface area contributed by atoms with Gasteiger partial charge in [-0.05, 0) is 56.9 Å². The highest BCUT2D eigenvalue weighted by molar-refractivity contribution is 6.32. The first kappa shape index (κ1) is 24.0. The highest BCUT2D eigenvalue weighted by Crippen LogP contribution is 2.33. The molecule has 1 aliphatic heterocycles. The Morgan fingerprint density at radius 2 is 1.88 bits per heavy atom. The van der Waals surface area contributed by atoms with E-state index in [9.17, 15) is 13.2 Å². The summed E-state index contributed by atoms with van der Waals surface area (Å²) in [5.41, 5.74) is 1.55. The summed E-state index contributed by atoms with van der Waals surface area (Å²) >= 11 is 6.35. The second-order valence-corrected chi connectivity index (χ2v) is 8.64. The smallest absolute Gasteiger partial charge is 0.353 e. The molecule has 3 heterocycles. The Bertz CT molecular complexity index is 1140. The molecule has 11 heteroatoms. The molecule has 34 heavy (non-hydrogen) atoms. The van der Waals surface area contributed by atoms with Crippen molar-refractivity contribution in [3.05, 3.63) is 64.4 Å². The fourth-order valence-electron chi connectivity index (χ4n) is 3.67. The third-order valence-corrected chi connectivity index (χ3v) is 5.72. The zero-order valence-corrected chi connectivity index (χ0v) is 19.6. The molecule has 3 aromatic rings. The van der Waals surface area contributed by atoms with Crippen LogP contribution in [0.5, 0.6) is 0 Å².